The van der Waals surface area contributed by atoms with Crippen LogP contribution in [-0.4, -0.2) is 32.2 Å². The van der Waals surface area contributed by atoms with E-state index in [0.717, 1.165) is 24.5 Å². The minimum Gasteiger partial charge on any atom is -0.370 e. The second-order valence-electron chi connectivity index (χ2n) is 3.78. The lowest BCUT2D eigenvalue weighted by atomic mass is 10.3. The standard InChI is InChI=1S/C10H18N4OS/c1-7-6-9(14-10(11)13-7)12-5-4-8(2)16(3)15/h6,8H,4-5H2,1-3H3,(H3,11,12,13,14). The number of nitrogens with zero attached hydrogens (tertiary/aromatic N) is 2. The Balaban J connectivity index is 2.46. The van der Waals surface area contributed by atoms with Gasteiger partial charge in [-0.15, -0.1) is 0 Å². The lowest BCUT2D eigenvalue weighted by Crippen LogP contribution is -2.15. The van der Waals surface area contributed by atoms with Gasteiger partial charge < -0.3 is 11.1 Å². The van der Waals surface area contributed by atoms with Crippen molar-refractivity contribution in [1.29, 1.82) is 0 Å². The van der Waals surface area contributed by atoms with Crippen LogP contribution in [0.5, 0.6) is 0 Å². The SMILES string of the molecule is Cc1cc(NCCC(C)S(C)=O)nc(N)n1. The van der Waals surface area contributed by atoms with Gasteiger partial charge in [-0.2, -0.15) is 4.98 Å². The number of hydrogen-bond acceptors (Lipinski definition) is 5. The summed E-state index contributed by atoms with van der Waals surface area (Å²) in [5, 5.41) is 3.33. The molecule has 0 aliphatic heterocycles. The van der Waals surface area contributed by atoms with E-state index in [4.69, 9.17) is 5.73 Å². The van der Waals surface area contributed by atoms with Gasteiger partial charge in [0, 0.05) is 40.6 Å². The van der Waals surface area contributed by atoms with Gasteiger partial charge in [-0.3, -0.25) is 4.21 Å². The summed E-state index contributed by atoms with van der Waals surface area (Å²) in [6, 6.07) is 1.84. The lowest BCUT2D eigenvalue weighted by molar-refractivity contribution is 0.672. The van der Waals surface area contributed by atoms with Crippen molar-refractivity contribution in [1.82, 2.24) is 9.97 Å². The van der Waals surface area contributed by atoms with Gasteiger partial charge in [0.25, 0.3) is 0 Å². The highest BCUT2D eigenvalue weighted by atomic mass is 32.2. The molecule has 0 spiro atoms. The van der Waals surface area contributed by atoms with E-state index in [2.05, 4.69) is 15.3 Å². The Morgan fingerprint density at radius 3 is 2.81 bits per heavy atom. The Morgan fingerprint density at radius 2 is 2.25 bits per heavy atom. The van der Waals surface area contributed by atoms with Crippen molar-refractivity contribution in [3.8, 4) is 0 Å². The molecular weight excluding hydrogens is 224 g/mol. The molecule has 0 aromatic carbocycles. The van der Waals surface area contributed by atoms with Crippen molar-refractivity contribution in [3.63, 3.8) is 0 Å². The summed E-state index contributed by atoms with van der Waals surface area (Å²) in [7, 11) is -0.774. The molecule has 0 saturated heterocycles. The summed E-state index contributed by atoms with van der Waals surface area (Å²) in [5.74, 6) is 0.994. The van der Waals surface area contributed by atoms with E-state index < -0.39 is 10.8 Å². The number of hydrogen-bond donors (Lipinski definition) is 2. The van der Waals surface area contributed by atoms with Crippen LogP contribution in [0.1, 0.15) is 19.0 Å². The van der Waals surface area contributed by atoms with Gasteiger partial charge in [0.15, 0.2) is 0 Å². The molecule has 2 atom stereocenters. The Labute approximate surface area is 98.3 Å². The van der Waals surface area contributed by atoms with Crippen molar-refractivity contribution in [2.45, 2.75) is 25.5 Å². The van der Waals surface area contributed by atoms with E-state index in [0.29, 0.717) is 0 Å². The largest absolute Gasteiger partial charge is 0.370 e. The second kappa shape index (κ2) is 5.79. The fraction of sp³-hybridized carbons (Fsp3) is 0.600. The first-order chi connectivity index (χ1) is 7.49. The van der Waals surface area contributed by atoms with Crippen LogP contribution in [0.15, 0.2) is 6.07 Å². The third-order valence-corrected chi connectivity index (χ3v) is 3.66. The maximum atomic E-state index is 11.1. The molecule has 0 aliphatic rings. The van der Waals surface area contributed by atoms with E-state index in [9.17, 15) is 4.21 Å². The molecular formula is C10H18N4OS. The molecule has 1 rings (SSSR count). The monoisotopic (exact) mass is 242 g/mol. The zero-order valence-corrected chi connectivity index (χ0v) is 10.7. The summed E-state index contributed by atoms with van der Waals surface area (Å²) in [6.45, 7) is 4.57. The zero-order valence-electron chi connectivity index (χ0n) is 9.86. The molecule has 3 N–H and O–H groups in total. The number of rotatable bonds is 5. The third-order valence-electron chi connectivity index (χ3n) is 2.30. The molecule has 90 valence electrons. The molecule has 1 aromatic rings. The summed E-state index contributed by atoms with van der Waals surface area (Å²) in [6.07, 6.45) is 2.56. The summed E-state index contributed by atoms with van der Waals surface area (Å²) in [5.41, 5.74) is 6.36. The molecule has 0 amide bonds. The zero-order chi connectivity index (χ0) is 12.1. The molecule has 16 heavy (non-hydrogen) atoms. The van der Waals surface area contributed by atoms with Crippen LogP contribution in [0.2, 0.25) is 0 Å². The minimum absolute atomic E-state index is 0.188. The van der Waals surface area contributed by atoms with Crippen molar-refractivity contribution in [2.24, 2.45) is 0 Å². The number of anilines is 2. The third kappa shape index (κ3) is 4.14. The predicted octanol–water partition coefficient (Wildman–Crippen LogP) is 0.936. The number of aryl methyl sites for hydroxylation is 1. The van der Waals surface area contributed by atoms with Crippen LogP contribution in [-0.2, 0) is 10.8 Å². The maximum absolute atomic E-state index is 11.1. The molecule has 5 nitrogen and oxygen atoms in total. The maximum Gasteiger partial charge on any atom is 0.222 e. The van der Waals surface area contributed by atoms with Crippen LogP contribution in [0, 0.1) is 6.92 Å². The average molecular weight is 242 g/mol. The lowest BCUT2D eigenvalue weighted by Gasteiger charge is -2.10. The Bertz CT molecular complexity index is 363. The fourth-order valence-corrected chi connectivity index (χ4v) is 1.70. The van der Waals surface area contributed by atoms with Crippen molar-refractivity contribution >= 4 is 22.6 Å². The fourth-order valence-electron chi connectivity index (χ4n) is 1.25. The van der Waals surface area contributed by atoms with Crippen LogP contribution in [0.4, 0.5) is 11.8 Å². The highest BCUT2D eigenvalue weighted by Crippen LogP contribution is 2.08. The molecule has 0 aliphatic carbocycles. The van der Waals surface area contributed by atoms with E-state index in [1.807, 2.05) is 19.9 Å². The first-order valence-electron chi connectivity index (χ1n) is 5.16. The Kier molecular flexibility index (Phi) is 4.67. The van der Waals surface area contributed by atoms with Gasteiger partial charge in [-0.25, -0.2) is 4.98 Å². The molecule has 0 fully saturated rings. The van der Waals surface area contributed by atoms with E-state index in [-0.39, 0.29) is 11.2 Å². The Hall–Kier alpha value is -1.17. The van der Waals surface area contributed by atoms with Crippen LogP contribution in [0.3, 0.4) is 0 Å². The molecule has 0 radical (unpaired) electrons. The van der Waals surface area contributed by atoms with Crippen molar-refractivity contribution in [2.75, 3.05) is 23.9 Å². The first kappa shape index (κ1) is 12.9. The van der Waals surface area contributed by atoms with Gasteiger partial charge in [0.1, 0.15) is 5.82 Å². The smallest absolute Gasteiger partial charge is 0.222 e. The van der Waals surface area contributed by atoms with Gasteiger partial charge in [-0.05, 0) is 13.3 Å². The van der Waals surface area contributed by atoms with Crippen LogP contribution in [0.25, 0.3) is 0 Å². The minimum atomic E-state index is -0.774. The first-order valence-corrected chi connectivity index (χ1v) is 6.78. The highest BCUT2D eigenvalue weighted by molar-refractivity contribution is 7.84. The topological polar surface area (TPSA) is 80.9 Å². The quantitative estimate of drug-likeness (QED) is 0.803. The average Bonchev–Trinajstić information content (AvgIpc) is 2.15. The predicted molar refractivity (Wildman–Crippen MR) is 67.8 cm³/mol. The number of aromatic nitrogens is 2. The van der Waals surface area contributed by atoms with E-state index >= 15 is 0 Å². The van der Waals surface area contributed by atoms with Gasteiger partial charge >= 0.3 is 0 Å². The molecule has 0 bridgehead atoms. The Morgan fingerprint density at radius 1 is 1.56 bits per heavy atom. The van der Waals surface area contributed by atoms with Gasteiger partial charge in [0.2, 0.25) is 5.95 Å². The van der Waals surface area contributed by atoms with Gasteiger partial charge in [0.05, 0.1) is 0 Å². The van der Waals surface area contributed by atoms with E-state index in [1.54, 1.807) is 6.26 Å². The van der Waals surface area contributed by atoms with Crippen molar-refractivity contribution < 1.29 is 4.21 Å². The summed E-state index contributed by atoms with van der Waals surface area (Å²) in [4.78, 5) is 8.04. The summed E-state index contributed by atoms with van der Waals surface area (Å²) >= 11 is 0. The van der Waals surface area contributed by atoms with Gasteiger partial charge in [-0.1, -0.05) is 6.92 Å². The van der Waals surface area contributed by atoms with Crippen LogP contribution < -0.4 is 11.1 Å². The number of nitrogen functional groups attached to an aromatic ring is 1. The normalized spacial score (nSPS) is 14.4. The molecule has 1 heterocycles. The van der Waals surface area contributed by atoms with Crippen molar-refractivity contribution in [3.05, 3.63) is 11.8 Å². The number of nitrogens with one attached hydrogen (secondary N) is 1. The van der Waals surface area contributed by atoms with Crippen LogP contribution >= 0.6 is 0 Å². The number of nitrogens with two attached hydrogens (primary N) is 1. The molecule has 6 heteroatoms. The molecule has 0 saturated carbocycles. The highest BCUT2D eigenvalue weighted by Gasteiger charge is 2.05. The second-order valence-corrected chi connectivity index (χ2v) is 5.58. The summed E-state index contributed by atoms with van der Waals surface area (Å²) < 4.78 is 11.1. The van der Waals surface area contributed by atoms with E-state index in [1.165, 1.54) is 0 Å². The molecule has 2 unspecified atom stereocenters. The molecule has 1 aromatic heterocycles.